The number of nitrogens with one attached hydrogen (secondary N) is 2. The van der Waals surface area contributed by atoms with Gasteiger partial charge in [0.1, 0.15) is 0 Å². The number of amides is 1. The fraction of sp³-hybridized carbons (Fsp3) is 0.533. The van der Waals surface area contributed by atoms with Crippen molar-refractivity contribution >= 4 is 17.2 Å². The standard InChI is InChI=1S/C15H22N4OS/c1-5-6-15-17-11(4)13(21-15)8-16-14(20)7-12-9(2)18-19-10(12)3/h5-8H2,1-4H3,(H,16,20)(H,18,19). The van der Waals surface area contributed by atoms with Crippen molar-refractivity contribution in [3.63, 3.8) is 0 Å². The van der Waals surface area contributed by atoms with Crippen LogP contribution in [0.5, 0.6) is 0 Å². The zero-order valence-electron chi connectivity index (χ0n) is 13.0. The number of rotatable bonds is 6. The Bertz CT molecular complexity index is 610. The van der Waals surface area contributed by atoms with Crippen molar-refractivity contribution in [3.8, 4) is 0 Å². The highest BCUT2D eigenvalue weighted by Crippen LogP contribution is 2.19. The molecule has 5 nitrogen and oxygen atoms in total. The van der Waals surface area contributed by atoms with Gasteiger partial charge in [-0.2, -0.15) is 5.10 Å². The van der Waals surface area contributed by atoms with E-state index >= 15 is 0 Å². The fourth-order valence-corrected chi connectivity index (χ4v) is 3.32. The van der Waals surface area contributed by atoms with Crippen LogP contribution in [0, 0.1) is 20.8 Å². The first-order valence-electron chi connectivity index (χ1n) is 7.23. The van der Waals surface area contributed by atoms with Gasteiger partial charge in [-0.3, -0.25) is 9.89 Å². The molecule has 2 aromatic rings. The third kappa shape index (κ3) is 3.91. The zero-order valence-corrected chi connectivity index (χ0v) is 13.9. The monoisotopic (exact) mass is 306 g/mol. The maximum atomic E-state index is 12.1. The summed E-state index contributed by atoms with van der Waals surface area (Å²) < 4.78 is 0. The van der Waals surface area contributed by atoms with Crippen LogP contribution in [-0.2, 0) is 24.2 Å². The molecular weight excluding hydrogens is 284 g/mol. The van der Waals surface area contributed by atoms with Crippen molar-refractivity contribution in [3.05, 3.63) is 32.5 Å². The Balaban J connectivity index is 1.92. The van der Waals surface area contributed by atoms with Gasteiger partial charge in [-0.05, 0) is 33.6 Å². The number of hydrogen-bond acceptors (Lipinski definition) is 4. The first-order chi connectivity index (χ1) is 10.0. The molecular formula is C15H22N4OS. The Morgan fingerprint density at radius 1 is 1.29 bits per heavy atom. The number of aromatic amines is 1. The average molecular weight is 306 g/mol. The second-order valence-electron chi connectivity index (χ2n) is 5.23. The molecule has 0 radical (unpaired) electrons. The van der Waals surface area contributed by atoms with E-state index in [0.29, 0.717) is 13.0 Å². The molecule has 0 saturated carbocycles. The summed E-state index contributed by atoms with van der Waals surface area (Å²) in [7, 11) is 0. The molecule has 6 heteroatoms. The highest BCUT2D eigenvalue weighted by atomic mass is 32.1. The molecule has 2 aromatic heterocycles. The summed E-state index contributed by atoms with van der Waals surface area (Å²) in [6.07, 6.45) is 2.47. The van der Waals surface area contributed by atoms with Crippen LogP contribution in [0.15, 0.2) is 0 Å². The van der Waals surface area contributed by atoms with E-state index in [9.17, 15) is 4.79 Å². The average Bonchev–Trinajstić information content (AvgIpc) is 2.94. The number of carbonyl (C=O) groups is 1. The fourth-order valence-electron chi connectivity index (χ4n) is 2.21. The van der Waals surface area contributed by atoms with Gasteiger partial charge in [0.2, 0.25) is 5.91 Å². The van der Waals surface area contributed by atoms with E-state index in [1.54, 1.807) is 11.3 Å². The SMILES string of the molecule is CCCc1nc(C)c(CNC(=O)Cc2c(C)n[nH]c2C)s1. The van der Waals surface area contributed by atoms with Crippen molar-refractivity contribution in [2.75, 3.05) is 0 Å². The van der Waals surface area contributed by atoms with Gasteiger partial charge in [0.25, 0.3) is 0 Å². The molecule has 2 N–H and O–H groups in total. The van der Waals surface area contributed by atoms with Crippen molar-refractivity contribution in [2.45, 2.75) is 53.5 Å². The number of H-pyrrole nitrogens is 1. The van der Waals surface area contributed by atoms with E-state index in [1.807, 2.05) is 20.8 Å². The lowest BCUT2D eigenvalue weighted by atomic mass is 10.1. The summed E-state index contributed by atoms with van der Waals surface area (Å²) in [4.78, 5) is 17.7. The van der Waals surface area contributed by atoms with Crippen molar-refractivity contribution in [1.82, 2.24) is 20.5 Å². The van der Waals surface area contributed by atoms with E-state index in [4.69, 9.17) is 0 Å². The summed E-state index contributed by atoms with van der Waals surface area (Å²) in [6, 6.07) is 0. The Labute approximate surface area is 129 Å². The van der Waals surface area contributed by atoms with Gasteiger partial charge < -0.3 is 5.32 Å². The molecule has 2 heterocycles. The van der Waals surface area contributed by atoms with E-state index < -0.39 is 0 Å². The zero-order chi connectivity index (χ0) is 15.4. The molecule has 2 rings (SSSR count). The maximum absolute atomic E-state index is 12.1. The number of carbonyl (C=O) groups excluding carboxylic acids is 1. The minimum absolute atomic E-state index is 0.0208. The molecule has 0 unspecified atom stereocenters. The molecule has 114 valence electrons. The molecule has 0 saturated heterocycles. The van der Waals surface area contributed by atoms with Gasteiger partial charge >= 0.3 is 0 Å². The molecule has 1 amide bonds. The number of nitrogens with zero attached hydrogens (tertiary/aromatic N) is 2. The van der Waals surface area contributed by atoms with Crippen molar-refractivity contribution < 1.29 is 4.79 Å². The van der Waals surface area contributed by atoms with E-state index in [1.165, 1.54) is 0 Å². The third-order valence-electron chi connectivity index (χ3n) is 3.46. The summed E-state index contributed by atoms with van der Waals surface area (Å²) in [5, 5.41) is 11.1. The Morgan fingerprint density at radius 2 is 2.05 bits per heavy atom. The molecule has 0 bridgehead atoms. The first-order valence-corrected chi connectivity index (χ1v) is 8.05. The Kier molecular flexibility index (Phi) is 5.12. The molecule has 0 aliphatic rings. The molecule has 0 aromatic carbocycles. The van der Waals surface area contributed by atoms with Crippen LogP contribution in [0.25, 0.3) is 0 Å². The van der Waals surface area contributed by atoms with Gasteiger partial charge in [-0.25, -0.2) is 4.98 Å². The second kappa shape index (κ2) is 6.85. The van der Waals surface area contributed by atoms with Crippen molar-refractivity contribution in [1.29, 1.82) is 0 Å². The molecule has 0 spiro atoms. The largest absolute Gasteiger partial charge is 0.351 e. The second-order valence-corrected chi connectivity index (χ2v) is 6.40. The van der Waals surface area contributed by atoms with E-state index in [-0.39, 0.29) is 5.91 Å². The summed E-state index contributed by atoms with van der Waals surface area (Å²) in [5.74, 6) is 0.0208. The van der Waals surface area contributed by atoms with Gasteiger partial charge in [0, 0.05) is 16.1 Å². The minimum atomic E-state index is 0.0208. The Morgan fingerprint density at radius 3 is 2.67 bits per heavy atom. The molecule has 0 atom stereocenters. The van der Waals surface area contributed by atoms with Crippen molar-refractivity contribution in [2.24, 2.45) is 0 Å². The topological polar surface area (TPSA) is 70.7 Å². The predicted octanol–water partition coefficient (Wildman–Crippen LogP) is 2.60. The number of hydrogen-bond donors (Lipinski definition) is 2. The number of aromatic nitrogens is 3. The quantitative estimate of drug-likeness (QED) is 0.862. The lowest BCUT2D eigenvalue weighted by Crippen LogP contribution is -2.24. The van der Waals surface area contributed by atoms with Crippen LogP contribution in [0.2, 0.25) is 0 Å². The molecule has 0 aliphatic heterocycles. The van der Waals surface area contributed by atoms with Crippen LogP contribution < -0.4 is 5.32 Å². The van der Waals surface area contributed by atoms with Crippen LogP contribution in [0.3, 0.4) is 0 Å². The van der Waals surface area contributed by atoms with Gasteiger partial charge in [0.15, 0.2) is 0 Å². The van der Waals surface area contributed by atoms with Crippen LogP contribution in [0.4, 0.5) is 0 Å². The van der Waals surface area contributed by atoms with Gasteiger partial charge in [0.05, 0.1) is 29.4 Å². The van der Waals surface area contributed by atoms with E-state index in [0.717, 1.165) is 45.4 Å². The molecule has 0 fully saturated rings. The smallest absolute Gasteiger partial charge is 0.224 e. The number of aryl methyl sites for hydroxylation is 4. The minimum Gasteiger partial charge on any atom is -0.351 e. The maximum Gasteiger partial charge on any atom is 0.224 e. The molecule has 0 aliphatic carbocycles. The summed E-state index contributed by atoms with van der Waals surface area (Å²) in [5.41, 5.74) is 3.86. The third-order valence-corrected chi connectivity index (χ3v) is 4.68. The predicted molar refractivity (Wildman–Crippen MR) is 84.5 cm³/mol. The lowest BCUT2D eigenvalue weighted by molar-refractivity contribution is -0.120. The van der Waals surface area contributed by atoms with Crippen LogP contribution >= 0.6 is 11.3 Å². The van der Waals surface area contributed by atoms with Crippen LogP contribution in [-0.4, -0.2) is 21.1 Å². The number of thiazole rings is 1. The lowest BCUT2D eigenvalue weighted by Gasteiger charge is -2.04. The molecule has 21 heavy (non-hydrogen) atoms. The van der Waals surface area contributed by atoms with Crippen LogP contribution in [0.1, 0.15) is 45.9 Å². The summed E-state index contributed by atoms with van der Waals surface area (Å²) in [6.45, 7) is 8.56. The first kappa shape index (κ1) is 15.7. The van der Waals surface area contributed by atoms with Gasteiger partial charge in [-0.15, -0.1) is 11.3 Å². The highest BCUT2D eigenvalue weighted by molar-refractivity contribution is 7.11. The van der Waals surface area contributed by atoms with Gasteiger partial charge in [-0.1, -0.05) is 6.92 Å². The Hall–Kier alpha value is -1.69. The normalized spacial score (nSPS) is 10.9. The van der Waals surface area contributed by atoms with E-state index in [2.05, 4.69) is 27.4 Å². The summed E-state index contributed by atoms with van der Waals surface area (Å²) >= 11 is 1.70. The highest BCUT2D eigenvalue weighted by Gasteiger charge is 2.13.